The third-order valence-electron chi connectivity index (χ3n) is 2.35. The Kier molecular flexibility index (Phi) is 4.41. The normalized spacial score (nSPS) is 9.50. The van der Waals surface area contributed by atoms with E-state index < -0.39 is 0 Å². The zero-order valence-corrected chi connectivity index (χ0v) is 9.31. The number of rotatable bonds is 4. The molecule has 0 aliphatic rings. The second-order valence-electron chi connectivity index (χ2n) is 3.42. The van der Waals surface area contributed by atoms with Crippen LogP contribution >= 0.6 is 0 Å². The van der Waals surface area contributed by atoms with Gasteiger partial charge < -0.3 is 10.0 Å². The Morgan fingerprint density at radius 1 is 1.50 bits per heavy atom. The van der Waals surface area contributed by atoms with E-state index in [1.807, 2.05) is 6.92 Å². The molecule has 1 aromatic carbocycles. The summed E-state index contributed by atoms with van der Waals surface area (Å²) in [7, 11) is 0. The lowest BCUT2D eigenvalue weighted by Crippen LogP contribution is -2.32. The highest BCUT2D eigenvalue weighted by molar-refractivity contribution is 5.79. The van der Waals surface area contributed by atoms with Crippen molar-refractivity contribution in [2.24, 2.45) is 0 Å². The van der Waals surface area contributed by atoms with Gasteiger partial charge in [-0.1, -0.05) is 24.1 Å². The van der Waals surface area contributed by atoms with Crippen LogP contribution in [0, 0.1) is 12.3 Å². The van der Waals surface area contributed by atoms with Crippen molar-refractivity contribution in [2.75, 3.05) is 13.1 Å². The molecule has 0 heterocycles. The number of amides is 1. The van der Waals surface area contributed by atoms with Crippen LogP contribution in [0.5, 0.6) is 5.75 Å². The highest BCUT2D eigenvalue weighted by Gasteiger charge is 2.12. The molecule has 84 valence electrons. The monoisotopic (exact) mass is 217 g/mol. The van der Waals surface area contributed by atoms with Crippen LogP contribution in [0.1, 0.15) is 12.5 Å². The summed E-state index contributed by atoms with van der Waals surface area (Å²) in [6, 6.07) is 6.82. The van der Waals surface area contributed by atoms with E-state index in [9.17, 15) is 9.90 Å². The summed E-state index contributed by atoms with van der Waals surface area (Å²) in [5.41, 5.74) is 0.628. The number of aromatic hydroxyl groups is 1. The molecule has 0 spiro atoms. The largest absolute Gasteiger partial charge is 0.508 e. The number of terminal acetylenes is 1. The van der Waals surface area contributed by atoms with Gasteiger partial charge in [-0.05, 0) is 13.0 Å². The Labute approximate surface area is 95.7 Å². The molecule has 0 aliphatic carbocycles. The molecule has 0 aromatic heterocycles. The minimum absolute atomic E-state index is 0.0676. The van der Waals surface area contributed by atoms with Crippen LogP contribution in [0.25, 0.3) is 0 Å². The maximum Gasteiger partial charge on any atom is 0.227 e. The lowest BCUT2D eigenvalue weighted by molar-refractivity contribution is -0.129. The third kappa shape index (κ3) is 3.03. The molecule has 1 rings (SSSR count). The Morgan fingerprint density at radius 3 is 2.75 bits per heavy atom. The maximum absolute atomic E-state index is 11.8. The first kappa shape index (κ1) is 12.1. The highest BCUT2D eigenvalue weighted by Crippen LogP contribution is 2.16. The van der Waals surface area contributed by atoms with Gasteiger partial charge in [0.15, 0.2) is 0 Å². The van der Waals surface area contributed by atoms with Crippen molar-refractivity contribution in [1.82, 2.24) is 4.90 Å². The van der Waals surface area contributed by atoms with Gasteiger partial charge in [-0.15, -0.1) is 6.42 Å². The zero-order chi connectivity index (χ0) is 12.0. The van der Waals surface area contributed by atoms with E-state index in [2.05, 4.69) is 5.92 Å². The van der Waals surface area contributed by atoms with Gasteiger partial charge in [0.2, 0.25) is 5.91 Å². The predicted octanol–water partition coefficient (Wildman–Crippen LogP) is 1.42. The van der Waals surface area contributed by atoms with Crippen LogP contribution in [0.15, 0.2) is 24.3 Å². The maximum atomic E-state index is 11.8. The van der Waals surface area contributed by atoms with Gasteiger partial charge in [0, 0.05) is 12.1 Å². The smallest absolute Gasteiger partial charge is 0.227 e. The van der Waals surface area contributed by atoms with E-state index in [1.54, 1.807) is 29.2 Å². The molecular formula is C13H15NO2. The standard InChI is InChI=1S/C13H15NO2/c1-3-9-14(4-2)13(16)10-11-7-5-6-8-12(11)15/h1,5-8,15H,4,9-10H2,2H3. The van der Waals surface area contributed by atoms with Crippen LogP contribution in [-0.2, 0) is 11.2 Å². The number of likely N-dealkylation sites (N-methyl/N-ethyl adjacent to an activating group) is 1. The molecule has 1 N–H and O–H groups in total. The predicted molar refractivity (Wildman–Crippen MR) is 62.9 cm³/mol. The number of phenolic OH excluding ortho intramolecular Hbond substituents is 1. The first-order valence-corrected chi connectivity index (χ1v) is 5.17. The first-order chi connectivity index (χ1) is 7.69. The topological polar surface area (TPSA) is 40.5 Å². The first-order valence-electron chi connectivity index (χ1n) is 5.17. The van der Waals surface area contributed by atoms with E-state index in [0.717, 1.165) is 0 Å². The number of benzene rings is 1. The summed E-state index contributed by atoms with van der Waals surface area (Å²) in [6.07, 6.45) is 5.36. The lowest BCUT2D eigenvalue weighted by atomic mass is 10.1. The minimum Gasteiger partial charge on any atom is -0.508 e. The summed E-state index contributed by atoms with van der Waals surface area (Å²) < 4.78 is 0. The Hall–Kier alpha value is -1.95. The van der Waals surface area contributed by atoms with E-state index in [1.165, 1.54) is 0 Å². The van der Waals surface area contributed by atoms with Crippen molar-refractivity contribution in [2.45, 2.75) is 13.3 Å². The molecule has 3 nitrogen and oxygen atoms in total. The van der Waals surface area contributed by atoms with Gasteiger partial charge in [0.05, 0.1) is 13.0 Å². The van der Waals surface area contributed by atoms with Crippen molar-refractivity contribution in [3.05, 3.63) is 29.8 Å². The molecule has 16 heavy (non-hydrogen) atoms. The van der Waals surface area contributed by atoms with Gasteiger partial charge in [-0.3, -0.25) is 4.79 Å². The van der Waals surface area contributed by atoms with Gasteiger partial charge in [0.1, 0.15) is 5.75 Å². The molecule has 0 bridgehead atoms. The summed E-state index contributed by atoms with van der Waals surface area (Å²) >= 11 is 0. The molecule has 0 saturated carbocycles. The third-order valence-corrected chi connectivity index (χ3v) is 2.35. The van der Waals surface area contributed by atoms with E-state index in [-0.39, 0.29) is 18.1 Å². The molecule has 1 amide bonds. The zero-order valence-electron chi connectivity index (χ0n) is 9.31. The van der Waals surface area contributed by atoms with Crippen LogP contribution in [0.2, 0.25) is 0 Å². The van der Waals surface area contributed by atoms with Crippen molar-refractivity contribution in [3.8, 4) is 18.1 Å². The molecule has 1 aromatic rings. The Balaban J connectivity index is 2.71. The average molecular weight is 217 g/mol. The van der Waals surface area contributed by atoms with E-state index in [4.69, 9.17) is 6.42 Å². The van der Waals surface area contributed by atoms with Crippen LogP contribution < -0.4 is 0 Å². The Bertz CT molecular complexity index is 407. The van der Waals surface area contributed by atoms with Crippen molar-refractivity contribution >= 4 is 5.91 Å². The molecule has 0 atom stereocenters. The van der Waals surface area contributed by atoms with Crippen molar-refractivity contribution in [1.29, 1.82) is 0 Å². The summed E-state index contributed by atoms with van der Waals surface area (Å²) in [4.78, 5) is 13.4. The molecule has 3 heteroatoms. The number of hydrogen-bond acceptors (Lipinski definition) is 2. The molecule has 0 aliphatic heterocycles. The molecular weight excluding hydrogens is 202 g/mol. The van der Waals surface area contributed by atoms with Crippen molar-refractivity contribution < 1.29 is 9.90 Å². The summed E-state index contributed by atoms with van der Waals surface area (Å²) in [5, 5.41) is 9.53. The van der Waals surface area contributed by atoms with Gasteiger partial charge >= 0.3 is 0 Å². The number of nitrogens with zero attached hydrogens (tertiary/aromatic N) is 1. The molecule has 0 unspecified atom stereocenters. The van der Waals surface area contributed by atoms with Crippen LogP contribution in [-0.4, -0.2) is 29.0 Å². The minimum atomic E-state index is -0.0676. The number of carbonyl (C=O) groups is 1. The lowest BCUT2D eigenvalue weighted by Gasteiger charge is -2.18. The number of carbonyl (C=O) groups excluding carboxylic acids is 1. The van der Waals surface area contributed by atoms with Gasteiger partial charge in [0.25, 0.3) is 0 Å². The second kappa shape index (κ2) is 5.82. The second-order valence-corrected chi connectivity index (χ2v) is 3.42. The molecule has 0 radical (unpaired) electrons. The molecule has 0 saturated heterocycles. The average Bonchev–Trinajstić information content (AvgIpc) is 2.29. The summed E-state index contributed by atoms with van der Waals surface area (Å²) in [5.74, 6) is 2.52. The number of para-hydroxylation sites is 1. The van der Waals surface area contributed by atoms with Crippen LogP contribution in [0.4, 0.5) is 0 Å². The van der Waals surface area contributed by atoms with Gasteiger partial charge in [-0.25, -0.2) is 0 Å². The quantitative estimate of drug-likeness (QED) is 0.775. The number of phenols is 1. The fourth-order valence-corrected chi connectivity index (χ4v) is 1.42. The van der Waals surface area contributed by atoms with Crippen LogP contribution in [0.3, 0.4) is 0 Å². The fourth-order valence-electron chi connectivity index (χ4n) is 1.42. The summed E-state index contributed by atoms with van der Waals surface area (Å²) in [6.45, 7) is 2.76. The van der Waals surface area contributed by atoms with Crippen molar-refractivity contribution in [3.63, 3.8) is 0 Å². The fraction of sp³-hybridized carbons (Fsp3) is 0.308. The van der Waals surface area contributed by atoms with E-state index >= 15 is 0 Å². The Morgan fingerprint density at radius 2 is 2.19 bits per heavy atom. The van der Waals surface area contributed by atoms with Gasteiger partial charge in [-0.2, -0.15) is 0 Å². The highest BCUT2D eigenvalue weighted by atomic mass is 16.3. The SMILES string of the molecule is C#CCN(CC)C(=O)Cc1ccccc1O. The molecule has 0 fully saturated rings. The van der Waals surface area contributed by atoms with E-state index in [0.29, 0.717) is 18.7 Å². The number of hydrogen-bond donors (Lipinski definition) is 1.